The quantitative estimate of drug-likeness (QED) is 0.211. The first-order chi connectivity index (χ1) is 21.3. The number of aromatic amines is 1. The van der Waals surface area contributed by atoms with Crippen molar-refractivity contribution < 1.29 is 0 Å². The molecule has 6 aromatic carbocycles. The van der Waals surface area contributed by atoms with Gasteiger partial charge in [-0.2, -0.15) is 0 Å². The highest BCUT2D eigenvalue weighted by atomic mass is 32.1. The third-order valence-electron chi connectivity index (χ3n) is 8.05. The Morgan fingerprint density at radius 1 is 0.395 bits per heavy atom. The number of anilines is 3. The monoisotopic (exact) mass is 568 g/mol. The fraction of sp³-hybridized carbons (Fsp3) is 0. The zero-order valence-electron chi connectivity index (χ0n) is 23.4. The fourth-order valence-electron chi connectivity index (χ4n) is 5.85. The van der Waals surface area contributed by atoms with Gasteiger partial charge in [0.25, 0.3) is 0 Å². The molecule has 0 amide bonds. The molecule has 43 heavy (non-hydrogen) atoms. The molecule has 0 saturated carbocycles. The minimum atomic E-state index is 1.12. The smallest absolute Gasteiger partial charge is 0.0605 e. The number of nitrogens with zero attached hydrogens (tertiary/aromatic N) is 1. The molecule has 3 heteroatoms. The van der Waals surface area contributed by atoms with Gasteiger partial charge < -0.3 is 9.88 Å². The molecule has 204 valence electrons. The number of hydrogen-bond acceptors (Lipinski definition) is 2. The summed E-state index contributed by atoms with van der Waals surface area (Å²) in [6.45, 7) is 0. The van der Waals surface area contributed by atoms with Gasteiger partial charge in [0.15, 0.2) is 0 Å². The van der Waals surface area contributed by atoms with Crippen LogP contribution in [0.2, 0.25) is 0 Å². The molecule has 0 aliphatic heterocycles. The van der Waals surface area contributed by atoms with Crippen molar-refractivity contribution in [1.29, 1.82) is 0 Å². The molecule has 8 aromatic rings. The van der Waals surface area contributed by atoms with Gasteiger partial charge in [-0.1, -0.05) is 115 Å². The molecule has 0 spiro atoms. The summed E-state index contributed by atoms with van der Waals surface area (Å²) >= 11 is 1.85. The number of H-pyrrole nitrogens is 1. The van der Waals surface area contributed by atoms with Crippen molar-refractivity contribution >= 4 is 49.5 Å². The number of aromatic nitrogens is 1. The van der Waals surface area contributed by atoms with E-state index < -0.39 is 0 Å². The molecule has 0 fully saturated rings. The number of rotatable bonds is 6. The third-order valence-corrected chi connectivity index (χ3v) is 9.27. The molecule has 0 radical (unpaired) electrons. The molecule has 2 heterocycles. The normalized spacial score (nSPS) is 11.3. The Morgan fingerprint density at radius 3 is 1.37 bits per heavy atom. The van der Waals surface area contributed by atoms with E-state index in [1.165, 1.54) is 53.8 Å². The van der Waals surface area contributed by atoms with Crippen LogP contribution in [0.25, 0.3) is 53.8 Å². The summed E-state index contributed by atoms with van der Waals surface area (Å²) in [4.78, 5) is 7.18. The highest BCUT2D eigenvalue weighted by Crippen LogP contribution is 2.40. The molecule has 0 atom stereocenters. The maximum atomic E-state index is 3.58. The lowest BCUT2D eigenvalue weighted by Crippen LogP contribution is -2.09. The van der Waals surface area contributed by atoms with E-state index in [0.29, 0.717) is 0 Å². The number of benzene rings is 6. The number of hydrogen-bond donors (Lipinski definition) is 1. The Morgan fingerprint density at radius 2 is 0.837 bits per heavy atom. The molecule has 0 aliphatic rings. The number of thiophene rings is 1. The zero-order valence-corrected chi connectivity index (χ0v) is 24.3. The van der Waals surface area contributed by atoms with Crippen molar-refractivity contribution in [2.45, 2.75) is 0 Å². The molecule has 0 aliphatic carbocycles. The van der Waals surface area contributed by atoms with Crippen molar-refractivity contribution in [1.82, 2.24) is 4.98 Å². The molecule has 2 nitrogen and oxygen atoms in total. The van der Waals surface area contributed by atoms with E-state index in [0.717, 1.165) is 17.1 Å². The summed E-state index contributed by atoms with van der Waals surface area (Å²) in [6.07, 6.45) is 0. The second-order valence-electron chi connectivity index (χ2n) is 10.7. The SMILES string of the molecule is c1ccc(-c2ccc(N(c3ccc(-c4ccccc4)cc3)c3ccc(-c4cc5[nH]c6ccccc6c5s4)cc3)cc2)cc1. The summed E-state index contributed by atoms with van der Waals surface area (Å²) in [5.74, 6) is 0. The van der Waals surface area contributed by atoms with Crippen LogP contribution in [-0.4, -0.2) is 4.98 Å². The number of nitrogens with one attached hydrogen (secondary N) is 1. The van der Waals surface area contributed by atoms with E-state index in [2.05, 4.69) is 174 Å². The van der Waals surface area contributed by atoms with E-state index in [1.807, 2.05) is 11.3 Å². The fourth-order valence-corrected chi connectivity index (χ4v) is 7.01. The predicted molar refractivity (Wildman–Crippen MR) is 185 cm³/mol. The van der Waals surface area contributed by atoms with Crippen LogP contribution in [0.3, 0.4) is 0 Å². The average molecular weight is 569 g/mol. The highest BCUT2D eigenvalue weighted by molar-refractivity contribution is 7.23. The van der Waals surface area contributed by atoms with Crippen LogP contribution in [0.15, 0.2) is 164 Å². The van der Waals surface area contributed by atoms with Crippen LogP contribution in [0.1, 0.15) is 0 Å². The topological polar surface area (TPSA) is 19.0 Å². The van der Waals surface area contributed by atoms with Crippen LogP contribution in [0.4, 0.5) is 17.1 Å². The first-order valence-corrected chi connectivity index (χ1v) is 15.3. The van der Waals surface area contributed by atoms with Crippen LogP contribution in [0.5, 0.6) is 0 Å². The molecular formula is C40H28N2S. The van der Waals surface area contributed by atoms with Gasteiger partial charge in [0.05, 0.1) is 10.2 Å². The van der Waals surface area contributed by atoms with Gasteiger partial charge in [0.2, 0.25) is 0 Å². The molecule has 0 saturated heterocycles. The van der Waals surface area contributed by atoms with Gasteiger partial charge in [-0.25, -0.2) is 0 Å². The van der Waals surface area contributed by atoms with Crippen molar-refractivity contribution in [3.8, 4) is 32.7 Å². The zero-order chi connectivity index (χ0) is 28.6. The predicted octanol–water partition coefficient (Wildman–Crippen LogP) is 11.9. The van der Waals surface area contributed by atoms with E-state index >= 15 is 0 Å². The number of para-hydroxylation sites is 1. The van der Waals surface area contributed by atoms with Crippen LogP contribution >= 0.6 is 11.3 Å². The van der Waals surface area contributed by atoms with E-state index in [9.17, 15) is 0 Å². The van der Waals surface area contributed by atoms with Gasteiger partial charge in [-0.3, -0.25) is 0 Å². The van der Waals surface area contributed by atoms with Gasteiger partial charge in [-0.15, -0.1) is 11.3 Å². The van der Waals surface area contributed by atoms with E-state index in [1.54, 1.807) is 0 Å². The average Bonchev–Trinajstić information content (AvgIpc) is 3.65. The van der Waals surface area contributed by atoms with Crippen molar-refractivity contribution in [2.75, 3.05) is 4.90 Å². The number of fused-ring (bicyclic) bond motifs is 3. The molecule has 2 aromatic heterocycles. The summed E-state index contributed by atoms with van der Waals surface area (Å²) in [6, 6.07) is 58.5. The summed E-state index contributed by atoms with van der Waals surface area (Å²) in [7, 11) is 0. The lowest BCUT2D eigenvalue weighted by Gasteiger charge is -2.26. The van der Waals surface area contributed by atoms with Gasteiger partial charge in [-0.05, 0) is 76.3 Å². The molecule has 0 unspecified atom stereocenters. The van der Waals surface area contributed by atoms with Crippen molar-refractivity contribution in [2.24, 2.45) is 0 Å². The Hall–Kier alpha value is -5.38. The van der Waals surface area contributed by atoms with Crippen LogP contribution < -0.4 is 4.90 Å². The van der Waals surface area contributed by atoms with Crippen LogP contribution in [0, 0.1) is 0 Å². The van der Waals surface area contributed by atoms with Gasteiger partial charge in [0.1, 0.15) is 0 Å². The lowest BCUT2D eigenvalue weighted by molar-refractivity contribution is 1.28. The molecular weight excluding hydrogens is 541 g/mol. The first kappa shape index (κ1) is 25.3. The Labute approximate surface area is 255 Å². The molecule has 1 N–H and O–H groups in total. The standard InChI is InChI=1S/C40H28N2S/c1-3-9-28(10-4-1)30-15-21-33(22-16-30)42(34-23-17-31(18-24-34)29-11-5-2-6-12-29)35-25-19-32(20-26-35)39-27-38-40(43-39)36-13-7-8-14-37(36)41-38/h1-27,41H. The lowest BCUT2D eigenvalue weighted by atomic mass is 10.0. The van der Waals surface area contributed by atoms with E-state index in [-0.39, 0.29) is 0 Å². The summed E-state index contributed by atoms with van der Waals surface area (Å²) in [5, 5.41) is 1.29. The van der Waals surface area contributed by atoms with Crippen LogP contribution in [-0.2, 0) is 0 Å². The minimum Gasteiger partial charge on any atom is -0.354 e. The minimum absolute atomic E-state index is 1.12. The first-order valence-electron chi connectivity index (χ1n) is 14.5. The molecule has 0 bridgehead atoms. The maximum Gasteiger partial charge on any atom is 0.0605 e. The van der Waals surface area contributed by atoms with Gasteiger partial charge >= 0.3 is 0 Å². The van der Waals surface area contributed by atoms with Gasteiger partial charge in [0, 0.05) is 32.8 Å². The third kappa shape index (κ3) is 4.80. The Bertz CT molecular complexity index is 2060. The highest BCUT2D eigenvalue weighted by Gasteiger charge is 2.15. The second-order valence-corrected chi connectivity index (χ2v) is 11.8. The maximum absolute atomic E-state index is 3.58. The largest absolute Gasteiger partial charge is 0.354 e. The van der Waals surface area contributed by atoms with Crippen molar-refractivity contribution in [3.05, 3.63) is 164 Å². The van der Waals surface area contributed by atoms with Crippen molar-refractivity contribution in [3.63, 3.8) is 0 Å². The van der Waals surface area contributed by atoms with E-state index in [4.69, 9.17) is 0 Å². The molecule has 8 rings (SSSR count). The Kier molecular flexibility index (Phi) is 6.36. The summed E-state index contributed by atoms with van der Waals surface area (Å²) in [5.41, 5.74) is 11.8. The Balaban J connectivity index is 1.17. The summed E-state index contributed by atoms with van der Waals surface area (Å²) < 4.78 is 1.31. The second kappa shape index (κ2) is 10.8.